The minimum atomic E-state index is -0.470. The number of carbonyl (C=O) groups is 1. The molecule has 2 rings (SSSR count). The zero-order chi connectivity index (χ0) is 15.2. The summed E-state index contributed by atoms with van der Waals surface area (Å²) in [6, 6.07) is 6.93. The van der Waals surface area contributed by atoms with E-state index in [1.54, 1.807) is 18.2 Å². The molecule has 2 unspecified atom stereocenters. The molecule has 1 aliphatic rings. The number of hydrogen-bond donors (Lipinski definition) is 2. The largest absolute Gasteiger partial charge is 0.496 e. The van der Waals surface area contributed by atoms with Crippen LogP contribution in [0.1, 0.15) is 41.6 Å². The maximum Gasteiger partial charge on any atom is 0.251 e. The number of nitriles is 1. The molecule has 0 bridgehead atoms. The average Bonchev–Trinajstić information content (AvgIpc) is 2.50. The minimum Gasteiger partial charge on any atom is -0.496 e. The van der Waals surface area contributed by atoms with E-state index in [2.05, 4.69) is 11.4 Å². The lowest BCUT2D eigenvalue weighted by atomic mass is 9.92. The summed E-state index contributed by atoms with van der Waals surface area (Å²) in [5.74, 6) is 0.316. The van der Waals surface area contributed by atoms with E-state index in [1.165, 1.54) is 7.11 Å². The number of ether oxygens (including phenoxy) is 1. The summed E-state index contributed by atoms with van der Waals surface area (Å²) in [6.45, 7) is 0. The maximum atomic E-state index is 12.3. The molecule has 1 amide bonds. The van der Waals surface area contributed by atoms with Crippen molar-refractivity contribution in [2.24, 2.45) is 0 Å². The van der Waals surface area contributed by atoms with Gasteiger partial charge in [-0.05, 0) is 25.0 Å². The van der Waals surface area contributed by atoms with Crippen LogP contribution in [0.25, 0.3) is 0 Å². The van der Waals surface area contributed by atoms with Gasteiger partial charge in [0.1, 0.15) is 5.75 Å². The second kappa shape index (κ2) is 7.09. The zero-order valence-electron chi connectivity index (χ0n) is 12.1. The number of nitrogens with zero attached hydrogens (tertiary/aromatic N) is 1. The molecular formula is C16H20N2O3. The van der Waals surface area contributed by atoms with Crippen molar-refractivity contribution < 1.29 is 14.6 Å². The Kier molecular flexibility index (Phi) is 5.18. The molecule has 1 fully saturated rings. The van der Waals surface area contributed by atoms with Crippen molar-refractivity contribution in [2.75, 3.05) is 7.11 Å². The third-order valence-electron chi connectivity index (χ3n) is 3.86. The molecule has 2 atom stereocenters. The monoisotopic (exact) mass is 288 g/mol. The van der Waals surface area contributed by atoms with Crippen molar-refractivity contribution in [1.82, 2.24) is 5.32 Å². The quantitative estimate of drug-likeness (QED) is 0.885. The first kappa shape index (κ1) is 15.3. The van der Waals surface area contributed by atoms with Crippen molar-refractivity contribution in [3.05, 3.63) is 29.3 Å². The molecule has 21 heavy (non-hydrogen) atoms. The number of nitrogens with one attached hydrogen (secondary N) is 1. The highest BCUT2D eigenvalue weighted by molar-refractivity contribution is 5.95. The highest BCUT2D eigenvalue weighted by Gasteiger charge is 2.25. The van der Waals surface area contributed by atoms with Crippen molar-refractivity contribution in [3.8, 4) is 11.8 Å². The third kappa shape index (κ3) is 3.73. The van der Waals surface area contributed by atoms with Gasteiger partial charge in [0, 0.05) is 11.1 Å². The van der Waals surface area contributed by atoms with E-state index in [1.807, 2.05) is 0 Å². The second-order valence-electron chi connectivity index (χ2n) is 5.29. The van der Waals surface area contributed by atoms with Crippen LogP contribution < -0.4 is 10.1 Å². The number of aliphatic hydroxyl groups excluding tert-OH is 1. The Bertz CT molecular complexity index is 551. The summed E-state index contributed by atoms with van der Waals surface area (Å²) in [5.41, 5.74) is 1.24. The molecule has 0 aromatic heterocycles. The van der Waals surface area contributed by atoms with E-state index in [-0.39, 0.29) is 18.4 Å². The van der Waals surface area contributed by atoms with Gasteiger partial charge >= 0.3 is 0 Å². The Labute approximate surface area is 124 Å². The Morgan fingerprint density at radius 2 is 2.24 bits per heavy atom. The number of methoxy groups -OCH3 is 1. The van der Waals surface area contributed by atoms with Crippen LogP contribution >= 0.6 is 0 Å². The maximum absolute atomic E-state index is 12.3. The van der Waals surface area contributed by atoms with Crippen LogP contribution in [-0.2, 0) is 6.42 Å². The van der Waals surface area contributed by atoms with Gasteiger partial charge in [-0.1, -0.05) is 18.9 Å². The Hall–Kier alpha value is -2.06. The van der Waals surface area contributed by atoms with Crippen molar-refractivity contribution in [1.29, 1.82) is 5.26 Å². The van der Waals surface area contributed by atoms with Crippen LogP contribution in [0.2, 0.25) is 0 Å². The molecule has 0 aliphatic heterocycles. The minimum absolute atomic E-state index is 0.184. The van der Waals surface area contributed by atoms with E-state index in [4.69, 9.17) is 10.00 Å². The highest BCUT2D eigenvalue weighted by atomic mass is 16.5. The molecule has 1 aromatic rings. The highest BCUT2D eigenvalue weighted by Crippen LogP contribution is 2.22. The summed E-state index contributed by atoms with van der Waals surface area (Å²) in [5, 5.41) is 21.5. The molecule has 5 heteroatoms. The normalized spacial score (nSPS) is 21.4. The van der Waals surface area contributed by atoms with E-state index in [9.17, 15) is 9.90 Å². The summed E-state index contributed by atoms with van der Waals surface area (Å²) in [4.78, 5) is 12.3. The molecule has 112 valence electrons. The van der Waals surface area contributed by atoms with E-state index in [0.717, 1.165) is 31.2 Å². The van der Waals surface area contributed by atoms with E-state index < -0.39 is 6.10 Å². The average molecular weight is 288 g/mol. The number of aliphatic hydroxyl groups is 1. The Morgan fingerprint density at radius 1 is 1.48 bits per heavy atom. The lowest BCUT2D eigenvalue weighted by Gasteiger charge is -2.28. The van der Waals surface area contributed by atoms with Gasteiger partial charge in [-0.15, -0.1) is 0 Å². The number of benzene rings is 1. The number of rotatable bonds is 4. The SMILES string of the molecule is COc1cc(C(=O)NC2CCCCC2O)ccc1CC#N. The smallest absolute Gasteiger partial charge is 0.251 e. The first-order chi connectivity index (χ1) is 10.2. The van der Waals surface area contributed by atoms with Crippen LogP contribution in [0.5, 0.6) is 5.75 Å². The topological polar surface area (TPSA) is 82.3 Å². The van der Waals surface area contributed by atoms with Crippen LogP contribution in [-0.4, -0.2) is 30.3 Å². The van der Waals surface area contributed by atoms with Crippen LogP contribution in [0.4, 0.5) is 0 Å². The molecule has 0 saturated heterocycles. The van der Waals surface area contributed by atoms with E-state index >= 15 is 0 Å². The summed E-state index contributed by atoms with van der Waals surface area (Å²) >= 11 is 0. The predicted molar refractivity (Wildman–Crippen MR) is 78.0 cm³/mol. The van der Waals surface area contributed by atoms with Crippen molar-refractivity contribution in [3.63, 3.8) is 0 Å². The third-order valence-corrected chi connectivity index (χ3v) is 3.86. The Morgan fingerprint density at radius 3 is 2.90 bits per heavy atom. The number of amides is 1. The first-order valence-corrected chi connectivity index (χ1v) is 7.18. The molecule has 1 aliphatic carbocycles. The van der Waals surface area contributed by atoms with Crippen LogP contribution in [0.3, 0.4) is 0 Å². The fraction of sp³-hybridized carbons (Fsp3) is 0.500. The van der Waals surface area contributed by atoms with Gasteiger partial charge in [0.15, 0.2) is 0 Å². The molecule has 0 spiro atoms. The van der Waals surface area contributed by atoms with Crippen molar-refractivity contribution in [2.45, 2.75) is 44.2 Å². The van der Waals surface area contributed by atoms with Gasteiger partial charge in [-0.3, -0.25) is 4.79 Å². The van der Waals surface area contributed by atoms with Gasteiger partial charge in [-0.2, -0.15) is 5.26 Å². The lowest BCUT2D eigenvalue weighted by molar-refractivity contribution is 0.0717. The number of hydrogen-bond acceptors (Lipinski definition) is 4. The molecule has 1 aromatic carbocycles. The van der Waals surface area contributed by atoms with Gasteiger partial charge in [-0.25, -0.2) is 0 Å². The second-order valence-corrected chi connectivity index (χ2v) is 5.29. The summed E-state index contributed by atoms with van der Waals surface area (Å²) in [7, 11) is 1.52. The summed E-state index contributed by atoms with van der Waals surface area (Å²) in [6.07, 6.45) is 3.33. The van der Waals surface area contributed by atoms with Gasteiger partial charge in [0.05, 0.1) is 31.7 Å². The van der Waals surface area contributed by atoms with Crippen LogP contribution in [0, 0.1) is 11.3 Å². The molecule has 5 nitrogen and oxygen atoms in total. The fourth-order valence-corrected chi connectivity index (χ4v) is 2.65. The lowest BCUT2D eigenvalue weighted by Crippen LogP contribution is -2.45. The van der Waals surface area contributed by atoms with Crippen molar-refractivity contribution >= 4 is 5.91 Å². The number of carbonyl (C=O) groups excluding carboxylic acids is 1. The van der Waals surface area contributed by atoms with E-state index in [0.29, 0.717) is 11.3 Å². The summed E-state index contributed by atoms with van der Waals surface area (Å²) < 4.78 is 5.22. The molecule has 1 saturated carbocycles. The van der Waals surface area contributed by atoms with Crippen LogP contribution in [0.15, 0.2) is 18.2 Å². The molecule has 0 heterocycles. The van der Waals surface area contributed by atoms with Gasteiger partial charge < -0.3 is 15.2 Å². The van der Waals surface area contributed by atoms with Gasteiger partial charge in [0.2, 0.25) is 0 Å². The molecule has 0 radical (unpaired) electrons. The molecule has 2 N–H and O–H groups in total. The van der Waals surface area contributed by atoms with Gasteiger partial charge in [0.25, 0.3) is 5.91 Å². The fourth-order valence-electron chi connectivity index (χ4n) is 2.65. The first-order valence-electron chi connectivity index (χ1n) is 7.18. The predicted octanol–water partition coefficient (Wildman–Crippen LogP) is 1.79. The Balaban J connectivity index is 2.10. The molecular weight excluding hydrogens is 268 g/mol. The zero-order valence-corrected chi connectivity index (χ0v) is 12.1. The standard InChI is InChI=1S/C16H20N2O3/c1-21-15-10-12(7-6-11(15)8-9-17)16(20)18-13-4-2-3-5-14(13)19/h6-7,10,13-14,19H,2-5,8H2,1H3,(H,18,20).